The van der Waals surface area contributed by atoms with Gasteiger partial charge in [-0.3, -0.25) is 4.98 Å². The van der Waals surface area contributed by atoms with Crippen molar-refractivity contribution in [3.63, 3.8) is 0 Å². The van der Waals surface area contributed by atoms with Crippen molar-refractivity contribution >= 4 is 5.57 Å². The van der Waals surface area contributed by atoms with Gasteiger partial charge in [-0.15, -0.1) is 0 Å². The standard InChI is InChI=1S/C13H15FN2/c14-11-6-10(7-15-8-11)12-4-3-9-2-1-5-16-13(9)12/h4,6-9,13,16H,1-3,5H2. The van der Waals surface area contributed by atoms with E-state index in [0.717, 1.165) is 18.5 Å². The molecule has 2 nitrogen and oxygen atoms in total. The normalized spacial score (nSPS) is 28.7. The Morgan fingerprint density at radius 1 is 1.38 bits per heavy atom. The van der Waals surface area contributed by atoms with Crippen molar-refractivity contribution in [1.82, 2.24) is 10.3 Å². The van der Waals surface area contributed by atoms with Gasteiger partial charge in [-0.05, 0) is 43.4 Å². The molecular weight excluding hydrogens is 203 g/mol. The maximum atomic E-state index is 13.1. The van der Waals surface area contributed by atoms with E-state index in [9.17, 15) is 4.39 Å². The van der Waals surface area contributed by atoms with Gasteiger partial charge in [0.25, 0.3) is 0 Å². The van der Waals surface area contributed by atoms with Gasteiger partial charge >= 0.3 is 0 Å². The number of rotatable bonds is 1. The molecule has 1 aromatic heterocycles. The largest absolute Gasteiger partial charge is 0.310 e. The fraction of sp³-hybridized carbons (Fsp3) is 0.462. The lowest BCUT2D eigenvalue weighted by Gasteiger charge is -2.29. The van der Waals surface area contributed by atoms with Gasteiger partial charge in [0.1, 0.15) is 5.82 Å². The van der Waals surface area contributed by atoms with Crippen molar-refractivity contribution in [3.8, 4) is 0 Å². The number of aromatic nitrogens is 1. The van der Waals surface area contributed by atoms with E-state index in [0.29, 0.717) is 12.0 Å². The fourth-order valence-electron chi connectivity index (χ4n) is 2.85. The summed E-state index contributed by atoms with van der Waals surface area (Å²) in [6.45, 7) is 1.07. The van der Waals surface area contributed by atoms with Crippen molar-refractivity contribution < 1.29 is 4.39 Å². The highest BCUT2D eigenvalue weighted by Crippen LogP contribution is 2.36. The van der Waals surface area contributed by atoms with E-state index in [1.165, 1.54) is 24.6 Å². The molecule has 0 saturated carbocycles. The number of hydrogen-bond donors (Lipinski definition) is 1. The number of hydrogen-bond acceptors (Lipinski definition) is 2. The molecule has 0 aromatic carbocycles. The summed E-state index contributed by atoms with van der Waals surface area (Å²) in [6, 6.07) is 2.00. The minimum Gasteiger partial charge on any atom is -0.310 e. The zero-order valence-corrected chi connectivity index (χ0v) is 9.12. The van der Waals surface area contributed by atoms with E-state index < -0.39 is 0 Å². The molecule has 3 heteroatoms. The second-order valence-corrected chi connectivity index (χ2v) is 4.62. The number of nitrogens with zero attached hydrogens (tertiary/aromatic N) is 1. The van der Waals surface area contributed by atoms with Crippen molar-refractivity contribution in [1.29, 1.82) is 0 Å². The Hall–Kier alpha value is -1.22. The zero-order valence-electron chi connectivity index (χ0n) is 9.12. The average molecular weight is 218 g/mol. The van der Waals surface area contributed by atoms with Gasteiger partial charge < -0.3 is 5.32 Å². The van der Waals surface area contributed by atoms with Crippen LogP contribution in [0.4, 0.5) is 4.39 Å². The van der Waals surface area contributed by atoms with Crippen LogP contribution in [0.3, 0.4) is 0 Å². The summed E-state index contributed by atoms with van der Waals surface area (Å²) in [6.07, 6.45) is 8.90. The lowest BCUT2D eigenvalue weighted by atomic mass is 9.89. The van der Waals surface area contributed by atoms with Gasteiger partial charge in [0, 0.05) is 17.8 Å². The molecule has 16 heavy (non-hydrogen) atoms. The van der Waals surface area contributed by atoms with Crippen LogP contribution < -0.4 is 5.32 Å². The summed E-state index contributed by atoms with van der Waals surface area (Å²) in [4.78, 5) is 3.92. The van der Waals surface area contributed by atoms with Crippen molar-refractivity contribution in [2.24, 2.45) is 5.92 Å². The first kappa shape index (κ1) is 9.97. The van der Waals surface area contributed by atoms with Crippen LogP contribution in [-0.2, 0) is 0 Å². The first-order valence-electron chi connectivity index (χ1n) is 5.89. The average Bonchev–Trinajstić information content (AvgIpc) is 2.72. The SMILES string of the molecule is Fc1cncc(C2=CCC3CCCNC23)c1. The molecule has 1 aliphatic carbocycles. The topological polar surface area (TPSA) is 24.9 Å². The quantitative estimate of drug-likeness (QED) is 0.782. The molecule has 2 heterocycles. The molecule has 1 saturated heterocycles. The van der Waals surface area contributed by atoms with E-state index in [4.69, 9.17) is 0 Å². The van der Waals surface area contributed by atoms with E-state index >= 15 is 0 Å². The molecule has 0 radical (unpaired) electrons. The van der Waals surface area contributed by atoms with Crippen LogP contribution in [0.5, 0.6) is 0 Å². The highest BCUT2D eigenvalue weighted by Gasteiger charge is 2.32. The smallest absolute Gasteiger partial charge is 0.142 e. The number of pyridine rings is 1. The second kappa shape index (κ2) is 3.98. The Morgan fingerprint density at radius 3 is 3.19 bits per heavy atom. The summed E-state index contributed by atoms with van der Waals surface area (Å²) in [5, 5.41) is 3.53. The zero-order chi connectivity index (χ0) is 11.0. The third-order valence-corrected chi connectivity index (χ3v) is 3.60. The third kappa shape index (κ3) is 1.65. The van der Waals surface area contributed by atoms with Gasteiger partial charge in [0.2, 0.25) is 0 Å². The van der Waals surface area contributed by atoms with Gasteiger partial charge in [0.15, 0.2) is 0 Å². The van der Waals surface area contributed by atoms with E-state index in [2.05, 4.69) is 16.4 Å². The Kier molecular flexibility index (Phi) is 2.48. The summed E-state index contributed by atoms with van der Waals surface area (Å²) in [7, 11) is 0. The summed E-state index contributed by atoms with van der Waals surface area (Å²) in [5.41, 5.74) is 2.17. The summed E-state index contributed by atoms with van der Waals surface area (Å²) < 4.78 is 13.1. The number of nitrogens with one attached hydrogen (secondary N) is 1. The van der Waals surface area contributed by atoms with Gasteiger partial charge in [-0.1, -0.05) is 6.08 Å². The molecule has 1 aliphatic heterocycles. The molecular formula is C13H15FN2. The first-order chi connectivity index (χ1) is 7.84. The monoisotopic (exact) mass is 218 g/mol. The van der Waals surface area contributed by atoms with Crippen LogP contribution >= 0.6 is 0 Å². The lowest BCUT2D eigenvalue weighted by molar-refractivity contribution is 0.346. The van der Waals surface area contributed by atoms with Gasteiger partial charge in [-0.25, -0.2) is 4.39 Å². The van der Waals surface area contributed by atoms with Crippen molar-refractivity contribution in [2.75, 3.05) is 6.54 Å². The number of piperidine rings is 1. The lowest BCUT2D eigenvalue weighted by Crippen LogP contribution is -2.39. The second-order valence-electron chi connectivity index (χ2n) is 4.62. The third-order valence-electron chi connectivity index (χ3n) is 3.60. The van der Waals surface area contributed by atoms with Crippen molar-refractivity contribution in [2.45, 2.75) is 25.3 Å². The predicted octanol–water partition coefficient (Wildman–Crippen LogP) is 2.38. The highest BCUT2D eigenvalue weighted by molar-refractivity contribution is 5.71. The Morgan fingerprint density at radius 2 is 2.31 bits per heavy atom. The fourth-order valence-corrected chi connectivity index (χ4v) is 2.85. The summed E-state index contributed by atoms with van der Waals surface area (Å²) in [5.74, 6) is 0.449. The molecule has 1 aromatic rings. The first-order valence-corrected chi connectivity index (χ1v) is 5.89. The van der Waals surface area contributed by atoms with Crippen LogP contribution in [0.25, 0.3) is 5.57 Å². The number of halogens is 1. The molecule has 0 spiro atoms. The van der Waals surface area contributed by atoms with Crippen molar-refractivity contribution in [3.05, 3.63) is 35.9 Å². The molecule has 3 rings (SSSR count). The van der Waals surface area contributed by atoms with Crippen LogP contribution in [-0.4, -0.2) is 17.6 Å². The molecule has 2 aliphatic rings. The van der Waals surface area contributed by atoms with E-state index in [-0.39, 0.29) is 5.82 Å². The van der Waals surface area contributed by atoms with Crippen LogP contribution in [0.15, 0.2) is 24.5 Å². The van der Waals surface area contributed by atoms with Crippen LogP contribution in [0.2, 0.25) is 0 Å². The molecule has 1 N–H and O–H groups in total. The minimum absolute atomic E-state index is 0.252. The van der Waals surface area contributed by atoms with Gasteiger partial charge in [-0.2, -0.15) is 0 Å². The maximum Gasteiger partial charge on any atom is 0.142 e. The Bertz CT molecular complexity index is 428. The molecule has 2 unspecified atom stereocenters. The van der Waals surface area contributed by atoms with Gasteiger partial charge in [0.05, 0.1) is 6.20 Å². The predicted molar refractivity (Wildman–Crippen MR) is 61.3 cm³/mol. The van der Waals surface area contributed by atoms with E-state index in [1.54, 1.807) is 12.3 Å². The number of fused-ring (bicyclic) bond motifs is 1. The Balaban J connectivity index is 1.90. The molecule has 0 bridgehead atoms. The van der Waals surface area contributed by atoms with Crippen LogP contribution in [0.1, 0.15) is 24.8 Å². The molecule has 84 valence electrons. The van der Waals surface area contributed by atoms with Crippen LogP contribution in [0, 0.1) is 11.7 Å². The Labute approximate surface area is 94.6 Å². The number of allylic oxidation sites excluding steroid dienone is 1. The highest BCUT2D eigenvalue weighted by atomic mass is 19.1. The molecule has 0 amide bonds. The summed E-state index contributed by atoms with van der Waals surface area (Å²) >= 11 is 0. The minimum atomic E-state index is -0.252. The van der Waals surface area contributed by atoms with E-state index in [1.807, 2.05) is 0 Å². The maximum absolute atomic E-state index is 13.1. The molecule has 1 fully saturated rings. The molecule has 2 atom stereocenters.